The van der Waals surface area contributed by atoms with Crippen LogP contribution in [0.4, 0.5) is 5.82 Å². The lowest BCUT2D eigenvalue weighted by Gasteiger charge is -2.40. The molecule has 1 aromatic carbocycles. The van der Waals surface area contributed by atoms with Crippen LogP contribution in [0.3, 0.4) is 0 Å². The van der Waals surface area contributed by atoms with Crippen molar-refractivity contribution < 1.29 is 4.42 Å². The van der Waals surface area contributed by atoms with Crippen LogP contribution in [-0.2, 0) is 0 Å². The largest absolute Gasteiger partial charge is 0.454 e. The van der Waals surface area contributed by atoms with E-state index in [1.54, 1.807) is 6.07 Å². The standard InChI is InChI=1S/C21H24ClN7O2/c1-11-14-8-12(22)4-5-15(14)31-19(11)18-16-17(21(30)25-24-20(16)23)26-29(18)13-9-28(10-13)7-6-27(2)3/h4-5,8,13H,6-7,9-10H2,1-3H3,(H2,23,24)(H,25,30). The maximum atomic E-state index is 12.5. The molecule has 1 aliphatic rings. The normalized spacial score (nSPS) is 15.4. The van der Waals surface area contributed by atoms with Gasteiger partial charge in [0.2, 0.25) is 0 Å². The highest BCUT2D eigenvalue weighted by Gasteiger charge is 2.34. The number of nitrogens with two attached hydrogens (primary N) is 1. The summed E-state index contributed by atoms with van der Waals surface area (Å²) >= 11 is 6.20. The molecule has 0 saturated carbocycles. The van der Waals surface area contributed by atoms with Crippen molar-refractivity contribution >= 4 is 39.3 Å². The van der Waals surface area contributed by atoms with Gasteiger partial charge in [0.05, 0.1) is 11.4 Å². The predicted molar refractivity (Wildman–Crippen MR) is 122 cm³/mol. The molecule has 1 fully saturated rings. The van der Waals surface area contributed by atoms with Crippen LogP contribution >= 0.6 is 11.6 Å². The van der Waals surface area contributed by atoms with Crippen LogP contribution in [0, 0.1) is 6.92 Å². The molecule has 31 heavy (non-hydrogen) atoms. The maximum absolute atomic E-state index is 12.5. The van der Waals surface area contributed by atoms with Gasteiger partial charge in [-0.2, -0.15) is 10.2 Å². The summed E-state index contributed by atoms with van der Waals surface area (Å²) < 4.78 is 8.12. The predicted octanol–water partition coefficient (Wildman–Crippen LogP) is 2.50. The van der Waals surface area contributed by atoms with Crippen molar-refractivity contribution in [3.63, 3.8) is 0 Å². The number of aromatic amines is 1. The summed E-state index contributed by atoms with van der Waals surface area (Å²) in [5, 5.41) is 13.1. The Hall–Kier alpha value is -2.88. The van der Waals surface area contributed by atoms with E-state index >= 15 is 0 Å². The third-order valence-corrected chi connectivity index (χ3v) is 6.16. The fourth-order valence-electron chi connectivity index (χ4n) is 4.18. The molecule has 4 aromatic rings. The summed E-state index contributed by atoms with van der Waals surface area (Å²) in [6, 6.07) is 5.63. The molecule has 9 nitrogen and oxygen atoms in total. The molecule has 0 amide bonds. The van der Waals surface area contributed by atoms with Gasteiger partial charge in [-0.05, 0) is 39.2 Å². The third-order valence-electron chi connectivity index (χ3n) is 5.92. The number of furan rings is 1. The van der Waals surface area contributed by atoms with E-state index in [0.717, 1.165) is 42.7 Å². The van der Waals surface area contributed by atoms with Gasteiger partial charge in [-0.15, -0.1) is 0 Å². The minimum Gasteiger partial charge on any atom is -0.454 e. The average molecular weight is 442 g/mol. The van der Waals surface area contributed by atoms with Crippen molar-refractivity contribution in [2.24, 2.45) is 0 Å². The molecule has 1 saturated heterocycles. The molecule has 10 heteroatoms. The Balaban J connectivity index is 1.66. The van der Waals surface area contributed by atoms with Crippen molar-refractivity contribution in [2.75, 3.05) is 46.0 Å². The number of H-pyrrole nitrogens is 1. The van der Waals surface area contributed by atoms with E-state index in [1.807, 2.05) is 23.7 Å². The Labute approximate surface area is 183 Å². The quantitative estimate of drug-likeness (QED) is 0.489. The topological polar surface area (TPSA) is 109 Å². The first-order valence-electron chi connectivity index (χ1n) is 10.2. The van der Waals surface area contributed by atoms with Gasteiger partial charge in [0.1, 0.15) is 11.3 Å². The third kappa shape index (κ3) is 3.29. The zero-order valence-electron chi connectivity index (χ0n) is 17.6. The highest BCUT2D eigenvalue weighted by Crippen LogP contribution is 2.40. The Morgan fingerprint density at radius 1 is 1.35 bits per heavy atom. The number of anilines is 1. The van der Waals surface area contributed by atoms with Crippen LogP contribution < -0.4 is 11.3 Å². The van der Waals surface area contributed by atoms with E-state index in [4.69, 9.17) is 21.8 Å². The van der Waals surface area contributed by atoms with E-state index in [0.29, 0.717) is 21.9 Å². The number of nitrogens with one attached hydrogen (secondary N) is 1. The summed E-state index contributed by atoms with van der Waals surface area (Å²) in [5.41, 5.74) is 8.43. The zero-order chi connectivity index (χ0) is 21.9. The second-order valence-corrected chi connectivity index (χ2v) is 8.80. The van der Waals surface area contributed by atoms with E-state index in [-0.39, 0.29) is 22.9 Å². The number of halogens is 1. The molecule has 0 aliphatic carbocycles. The van der Waals surface area contributed by atoms with Gasteiger partial charge in [0.15, 0.2) is 17.1 Å². The van der Waals surface area contributed by atoms with E-state index in [2.05, 4.69) is 39.2 Å². The summed E-state index contributed by atoms with van der Waals surface area (Å²) in [5.74, 6) is 0.850. The van der Waals surface area contributed by atoms with E-state index in [9.17, 15) is 4.79 Å². The van der Waals surface area contributed by atoms with Gasteiger partial charge >= 0.3 is 0 Å². The van der Waals surface area contributed by atoms with Crippen molar-refractivity contribution in [1.82, 2.24) is 29.8 Å². The molecule has 0 radical (unpaired) electrons. The molecule has 4 heterocycles. The Kier molecular flexibility index (Phi) is 4.76. The van der Waals surface area contributed by atoms with Crippen LogP contribution in [-0.4, -0.2) is 70.1 Å². The molecule has 0 bridgehead atoms. The van der Waals surface area contributed by atoms with Crippen LogP contribution in [0.25, 0.3) is 33.3 Å². The molecule has 5 rings (SSSR count). The minimum absolute atomic E-state index is 0.111. The Morgan fingerprint density at radius 3 is 2.87 bits per heavy atom. The van der Waals surface area contributed by atoms with Gasteiger partial charge in [0.25, 0.3) is 5.56 Å². The fourth-order valence-corrected chi connectivity index (χ4v) is 4.35. The number of hydrogen-bond acceptors (Lipinski definition) is 7. The van der Waals surface area contributed by atoms with Crippen LogP contribution in [0.5, 0.6) is 0 Å². The van der Waals surface area contributed by atoms with Gasteiger partial charge in [-0.1, -0.05) is 11.6 Å². The number of aryl methyl sites for hydroxylation is 1. The molecular weight excluding hydrogens is 418 g/mol. The lowest BCUT2D eigenvalue weighted by atomic mass is 10.1. The second-order valence-electron chi connectivity index (χ2n) is 8.37. The van der Waals surface area contributed by atoms with Crippen molar-refractivity contribution in [1.29, 1.82) is 0 Å². The average Bonchev–Trinajstić information content (AvgIpc) is 3.23. The maximum Gasteiger partial charge on any atom is 0.292 e. The first-order chi connectivity index (χ1) is 14.8. The number of likely N-dealkylation sites (tertiary alicyclic amines) is 1. The Bertz CT molecular complexity index is 1350. The van der Waals surface area contributed by atoms with Gasteiger partial charge in [-0.25, -0.2) is 5.10 Å². The lowest BCUT2D eigenvalue weighted by molar-refractivity contribution is 0.0920. The smallest absolute Gasteiger partial charge is 0.292 e. The minimum atomic E-state index is -0.371. The molecule has 1 aliphatic heterocycles. The van der Waals surface area contributed by atoms with Gasteiger partial charge in [-0.3, -0.25) is 14.4 Å². The number of nitrogen functional groups attached to an aromatic ring is 1. The van der Waals surface area contributed by atoms with Gasteiger partial charge in [0, 0.05) is 42.2 Å². The summed E-state index contributed by atoms with van der Waals surface area (Å²) in [7, 11) is 4.13. The number of rotatable bonds is 5. The second kappa shape index (κ2) is 7.37. The van der Waals surface area contributed by atoms with Crippen LogP contribution in [0.1, 0.15) is 11.6 Å². The number of fused-ring (bicyclic) bond motifs is 2. The SMILES string of the molecule is Cc1c(-c2c3c(N)n[nH]c(=O)c3nn2C2CN(CCN(C)C)C2)oc2ccc(Cl)cc12. The zero-order valence-corrected chi connectivity index (χ0v) is 18.4. The number of nitrogens with zero attached hydrogens (tertiary/aromatic N) is 5. The van der Waals surface area contributed by atoms with Crippen molar-refractivity contribution in [3.8, 4) is 11.5 Å². The number of benzene rings is 1. The lowest BCUT2D eigenvalue weighted by Crippen LogP contribution is -2.50. The number of hydrogen-bond donors (Lipinski definition) is 2. The van der Waals surface area contributed by atoms with E-state index in [1.165, 1.54) is 0 Å². The molecule has 0 spiro atoms. The fraction of sp³-hybridized carbons (Fsp3) is 0.381. The molecule has 3 N–H and O–H groups in total. The molecule has 3 aromatic heterocycles. The Morgan fingerprint density at radius 2 is 2.13 bits per heavy atom. The van der Waals surface area contributed by atoms with Gasteiger partial charge < -0.3 is 15.1 Å². The number of aromatic nitrogens is 4. The number of likely N-dealkylation sites (N-methyl/N-ethyl adjacent to an activating group) is 1. The van der Waals surface area contributed by atoms with Crippen LogP contribution in [0.15, 0.2) is 27.4 Å². The molecule has 0 unspecified atom stereocenters. The highest BCUT2D eigenvalue weighted by molar-refractivity contribution is 6.31. The first-order valence-corrected chi connectivity index (χ1v) is 10.5. The monoisotopic (exact) mass is 441 g/mol. The molecular formula is C21H24ClN7O2. The van der Waals surface area contributed by atoms with Crippen LogP contribution in [0.2, 0.25) is 5.02 Å². The summed E-state index contributed by atoms with van der Waals surface area (Å²) in [4.78, 5) is 17.0. The summed E-state index contributed by atoms with van der Waals surface area (Å²) in [6.07, 6.45) is 0. The summed E-state index contributed by atoms with van der Waals surface area (Å²) in [6.45, 7) is 5.62. The van der Waals surface area contributed by atoms with Crippen molar-refractivity contribution in [3.05, 3.63) is 39.1 Å². The molecule has 162 valence electrons. The first kappa shape index (κ1) is 20.0. The van der Waals surface area contributed by atoms with Crippen molar-refractivity contribution in [2.45, 2.75) is 13.0 Å². The highest BCUT2D eigenvalue weighted by atomic mass is 35.5. The molecule has 0 atom stereocenters. The van der Waals surface area contributed by atoms with E-state index < -0.39 is 0 Å².